The standard InChI is InChI=1S/C15H13N3O2/c1-2-7-18-9-10(11-5-3-4-6-13(11)18)8-12-14(19)17-15(20)16-12/h2-6,8-9H,1,7H2,(H2,16,17,19,20)/b12-8-. The van der Waals surface area contributed by atoms with E-state index in [-0.39, 0.29) is 5.70 Å². The van der Waals surface area contributed by atoms with E-state index < -0.39 is 11.9 Å². The summed E-state index contributed by atoms with van der Waals surface area (Å²) in [4.78, 5) is 22.7. The van der Waals surface area contributed by atoms with E-state index in [1.165, 1.54) is 0 Å². The first kappa shape index (κ1) is 12.2. The maximum absolute atomic E-state index is 11.6. The molecule has 1 aromatic carbocycles. The molecule has 0 unspecified atom stereocenters. The van der Waals surface area contributed by atoms with Crippen molar-refractivity contribution >= 4 is 28.9 Å². The van der Waals surface area contributed by atoms with Crippen LogP contribution in [0.2, 0.25) is 0 Å². The number of hydrogen-bond donors (Lipinski definition) is 2. The molecule has 5 heteroatoms. The number of hydrogen-bond acceptors (Lipinski definition) is 2. The van der Waals surface area contributed by atoms with Crippen LogP contribution in [0.3, 0.4) is 0 Å². The summed E-state index contributed by atoms with van der Waals surface area (Å²) < 4.78 is 2.05. The smallest absolute Gasteiger partial charge is 0.326 e. The van der Waals surface area contributed by atoms with Gasteiger partial charge in [0.15, 0.2) is 0 Å². The molecule has 3 amide bonds. The van der Waals surface area contributed by atoms with Crippen LogP contribution in [0, 0.1) is 0 Å². The monoisotopic (exact) mass is 267 g/mol. The molecule has 0 atom stereocenters. The number of fused-ring (bicyclic) bond motifs is 1. The number of nitrogens with one attached hydrogen (secondary N) is 2. The summed E-state index contributed by atoms with van der Waals surface area (Å²) in [6.07, 6.45) is 5.44. The van der Waals surface area contributed by atoms with Crippen molar-refractivity contribution in [1.29, 1.82) is 0 Å². The fraction of sp³-hybridized carbons (Fsp3) is 0.0667. The Bertz CT molecular complexity index is 756. The largest absolute Gasteiger partial charge is 0.343 e. The third kappa shape index (κ3) is 1.99. The van der Waals surface area contributed by atoms with Gasteiger partial charge in [0, 0.05) is 29.2 Å². The van der Waals surface area contributed by atoms with Gasteiger partial charge in [-0.15, -0.1) is 6.58 Å². The van der Waals surface area contributed by atoms with Gasteiger partial charge < -0.3 is 9.88 Å². The van der Waals surface area contributed by atoms with Crippen LogP contribution in [0.4, 0.5) is 4.79 Å². The molecule has 0 radical (unpaired) electrons. The molecule has 1 aliphatic rings. The van der Waals surface area contributed by atoms with Crippen molar-refractivity contribution in [2.45, 2.75) is 6.54 Å². The van der Waals surface area contributed by atoms with E-state index in [1.54, 1.807) is 6.08 Å². The second-order valence-electron chi connectivity index (χ2n) is 4.51. The summed E-state index contributed by atoms with van der Waals surface area (Å²) in [6, 6.07) is 7.40. The number of carbonyl (C=O) groups is 2. The first-order valence-corrected chi connectivity index (χ1v) is 6.22. The highest BCUT2D eigenvalue weighted by Gasteiger charge is 2.23. The Morgan fingerprint density at radius 1 is 1.20 bits per heavy atom. The normalized spacial score (nSPS) is 16.5. The first-order valence-electron chi connectivity index (χ1n) is 6.22. The quantitative estimate of drug-likeness (QED) is 0.507. The third-order valence-electron chi connectivity index (χ3n) is 3.16. The van der Waals surface area contributed by atoms with Gasteiger partial charge in [-0.1, -0.05) is 24.3 Å². The highest BCUT2D eigenvalue weighted by molar-refractivity contribution is 6.14. The molecule has 20 heavy (non-hydrogen) atoms. The molecule has 0 aliphatic carbocycles. The van der Waals surface area contributed by atoms with Gasteiger partial charge in [0.25, 0.3) is 5.91 Å². The summed E-state index contributed by atoms with van der Waals surface area (Å²) in [5, 5.41) is 5.70. The van der Waals surface area contributed by atoms with Crippen molar-refractivity contribution in [3.05, 3.63) is 54.4 Å². The maximum atomic E-state index is 11.6. The zero-order valence-corrected chi connectivity index (χ0v) is 10.7. The predicted octanol–water partition coefficient (Wildman–Crippen LogP) is 2.01. The lowest BCUT2D eigenvalue weighted by atomic mass is 10.1. The minimum absolute atomic E-state index is 0.261. The molecular weight excluding hydrogens is 254 g/mol. The molecule has 1 aliphatic heterocycles. The van der Waals surface area contributed by atoms with Crippen LogP contribution in [-0.4, -0.2) is 16.5 Å². The molecule has 1 saturated heterocycles. The Hall–Kier alpha value is -2.82. The van der Waals surface area contributed by atoms with Gasteiger partial charge in [0.1, 0.15) is 5.70 Å². The van der Waals surface area contributed by atoms with E-state index in [2.05, 4.69) is 17.2 Å². The van der Waals surface area contributed by atoms with Crippen molar-refractivity contribution in [3.8, 4) is 0 Å². The number of nitrogens with zero attached hydrogens (tertiary/aromatic N) is 1. The molecule has 100 valence electrons. The SMILES string of the molecule is C=CCn1cc(/C=C2\NC(=O)NC2=O)c2ccccc21. The van der Waals surface area contributed by atoms with Crippen LogP contribution in [0.5, 0.6) is 0 Å². The topological polar surface area (TPSA) is 63.1 Å². The summed E-state index contributed by atoms with van der Waals surface area (Å²) >= 11 is 0. The van der Waals surface area contributed by atoms with Gasteiger partial charge in [-0.2, -0.15) is 0 Å². The molecule has 0 spiro atoms. The van der Waals surface area contributed by atoms with E-state index in [0.717, 1.165) is 16.5 Å². The minimum atomic E-state index is -0.490. The van der Waals surface area contributed by atoms with Crippen molar-refractivity contribution in [2.75, 3.05) is 0 Å². The van der Waals surface area contributed by atoms with Crippen LogP contribution in [0.1, 0.15) is 5.56 Å². The Balaban J connectivity index is 2.12. The molecule has 0 saturated carbocycles. The summed E-state index contributed by atoms with van der Waals surface area (Å²) in [5.41, 5.74) is 2.20. The molecular formula is C15H13N3O2. The Morgan fingerprint density at radius 3 is 2.70 bits per heavy atom. The van der Waals surface area contributed by atoms with Crippen LogP contribution in [0.25, 0.3) is 17.0 Å². The van der Waals surface area contributed by atoms with Gasteiger partial charge in [-0.05, 0) is 12.1 Å². The summed E-state index contributed by atoms with van der Waals surface area (Å²) in [5.74, 6) is -0.407. The Morgan fingerprint density at radius 2 is 2.00 bits per heavy atom. The van der Waals surface area contributed by atoms with E-state index >= 15 is 0 Å². The number of allylic oxidation sites excluding steroid dienone is 1. The van der Waals surface area contributed by atoms with E-state index in [1.807, 2.05) is 41.1 Å². The second kappa shape index (κ2) is 4.70. The van der Waals surface area contributed by atoms with Crippen molar-refractivity contribution in [1.82, 2.24) is 15.2 Å². The van der Waals surface area contributed by atoms with E-state index in [9.17, 15) is 9.59 Å². The number of rotatable bonds is 3. The van der Waals surface area contributed by atoms with Crippen molar-refractivity contribution < 1.29 is 9.59 Å². The highest BCUT2D eigenvalue weighted by atomic mass is 16.2. The van der Waals surface area contributed by atoms with E-state index in [4.69, 9.17) is 0 Å². The van der Waals surface area contributed by atoms with Crippen LogP contribution < -0.4 is 10.6 Å². The maximum Gasteiger partial charge on any atom is 0.326 e. The highest BCUT2D eigenvalue weighted by Crippen LogP contribution is 2.23. The lowest BCUT2D eigenvalue weighted by Crippen LogP contribution is -2.22. The number of benzene rings is 1. The average Bonchev–Trinajstić information content (AvgIpc) is 2.93. The Labute approximate surface area is 115 Å². The zero-order chi connectivity index (χ0) is 14.1. The molecule has 1 aromatic heterocycles. The summed E-state index contributed by atoms with van der Waals surface area (Å²) in [7, 11) is 0. The van der Waals surface area contributed by atoms with Crippen LogP contribution >= 0.6 is 0 Å². The lowest BCUT2D eigenvalue weighted by Gasteiger charge is -1.98. The summed E-state index contributed by atoms with van der Waals surface area (Å²) in [6.45, 7) is 4.42. The molecule has 3 rings (SSSR count). The van der Waals surface area contributed by atoms with Crippen LogP contribution in [0.15, 0.2) is 48.8 Å². The average molecular weight is 267 g/mol. The number of carbonyl (C=O) groups excluding carboxylic acids is 2. The molecule has 2 heterocycles. The van der Waals surface area contributed by atoms with Gasteiger partial charge >= 0.3 is 6.03 Å². The van der Waals surface area contributed by atoms with Crippen LogP contribution in [-0.2, 0) is 11.3 Å². The number of aromatic nitrogens is 1. The van der Waals surface area contributed by atoms with Crippen molar-refractivity contribution in [2.24, 2.45) is 0 Å². The van der Waals surface area contributed by atoms with Gasteiger partial charge in [-0.25, -0.2) is 4.79 Å². The van der Waals surface area contributed by atoms with Crippen molar-refractivity contribution in [3.63, 3.8) is 0 Å². The van der Waals surface area contributed by atoms with Gasteiger partial charge in [0.05, 0.1) is 0 Å². The number of amides is 3. The molecule has 5 nitrogen and oxygen atoms in total. The molecule has 1 fully saturated rings. The molecule has 0 bridgehead atoms. The predicted molar refractivity (Wildman–Crippen MR) is 76.8 cm³/mol. The molecule has 2 N–H and O–H groups in total. The second-order valence-corrected chi connectivity index (χ2v) is 4.51. The molecule has 2 aromatic rings. The number of imide groups is 1. The minimum Gasteiger partial charge on any atom is -0.343 e. The lowest BCUT2D eigenvalue weighted by molar-refractivity contribution is -0.115. The first-order chi connectivity index (χ1) is 9.69. The van der Waals surface area contributed by atoms with Gasteiger partial charge in [-0.3, -0.25) is 10.1 Å². The third-order valence-corrected chi connectivity index (χ3v) is 3.16. The zero-order valence-electron chi connectivity index (χ0n) is 10.7. The Kier molecular flexibility index (Phi) is 2.87. The van der Waals surface area contributed by atoms with E-state index in [0.29, 0.717) is 6.54 Å². The number of urea groups is 1. The number of para-hydroxylation sites is 1. The fourth-order valence-corrected chi connectivity index (χ4v) is 2.32. The van der Waals surface area contributed by atoms with Gasteiger partial charge in [0.2, 0.25) is 0 Å². The fourth-order valence-electron chi connectivity index (χ4n) is 2.32.